The first-order valence-electron chi connectivity index (χ1n) is 10.2. The molecule has 32 heavy (non-hydrogen) atoms. The molecule has 3 nitrogen and oxygen atoms in total. The number of halogens is 6. The van der Waals surface area contributed by atoms with E-state index in [1.54, 1.807) is 13.0 Å². The fourth-order valence-corrected chi connectivity index (χ4v) is 4.75. The van der Waals surface area contributed by atoms with E-state index >= 15 is 0 Å². The molecule has 0 aromatic heterocycles. The van der Waals surface area contributed by atoms with E-state index in [1.165, 1.54) is 17.9 Å². The predicted octanol–water partition coefficient (Wildman–Crippen LogP) is 7.13. The largest absolute Gasteiger partial charge is 0.439 e. The van der Waals surface area contributed by atoms with Gasteiger partial charge in [-0.25, -0.2) is 4.79 Å². The van der Waals surface area contributed by atoms with Crippen molar-refractivity contribution in [1.29, 1.82) is 0 Å². The number of alkyl halides is 6. The number of fused-ring (bicyclic) bond motifs is 1. The van der Waals surface area contributed by atoms with E-state index in [4.69, 9.17) is 4.74 Å². The summed E-state index contributed by atoms with van der Waals surface area (Å²) in [4.78, 5) is 14.2. The highest BCUT2D eigenvalue weighted by atomic mass is 19.4. The van der Waals surface area contributed by atoms with Crippen LogP contribution in [0, 0.1) is 13.8 Å². The number of benzene rings is 2. The molecule has 2 aliphatic rings. The van der Waals surface area contributed by atoms with Crippen molar-refractivity contribution in [3.8, 4) is 0 Å². The maximum absolute atomic E-state index is 13.3. The highest BCUT2D eigenvalue weighted by molar-refractivity contribution is 5.72. The monoisotopic (exact) mass is 457 g/mol. The zero-order valence-electron chi connectivity index (χ0n) is 17.3. The first kappa shape index (κ1) is 22.5. The molecule has 9 heteroatoms. The number of nitrogens with zero attached hydrogens (tertiary/aromatic N) is 1. The average molecular weight is 457 g/mol. The van der Waals surface area contributed by atoms with Gasteiger partial charge in [0.1, 0.15) is 6.10 Å². The van der Waals surface area contributed by atoms with Gasteiger partial charge in [0.05, 0.1) is 23.2 Å². The van der Waals surface area contributed by atoms with Crippen molar-refractivity contribution >= 4 is 6.09 Å². The van der Waals surface area contributed by atoms with Crippen LogP contribution in [0.15, 0.2) is 36.4 Å². The molecule has 0 spiro atoms. The number of hydrogen-bond donors (Lipinski definition) is 0. The summed E-state index contributed by atoms with van der Waals surface area (Å²) in [6, 6.07) is 5.78. The SMILES string of the molecule is Cc1cc(C2OC(=O)N3C(c4cc(C(F)(F)F)ccc4C)CCCC23)cc(C(F)(F)F)c1. The fraction of sp³-hybridized carbons (Fsp3) is 0.435. The Morgan fingerprint density at radius 1 is 0.906 bits per heavy atom. The fourth-order valence-electron chi connectivity index (χ4n) is 4.75. The smallest absolute Gasteiger partial charge is 0.416 e. The van der Waals surface area contributed by atoms with Crippen LogP contribution in [-0.2, 0) is 17.1 Å². The Morgan fingerprint density at radius 2 is 1.59 bits per heavy atom. The van der Waals surface area contributed by atoms with Gasteiger partial charge in [0, 0.05) is 0 Å². The second kappa shape index (κ2) is 7.71. The van der Waals surface area contributed by atoms with Crippen molar-refractivity contribution in [2.45, 2.75) is 63.7 Å². The Kier molecular flexibility index (Phi) is 5.41. The highest BCUT2D eigenvalue weighted by Crippen LogP contribution is 2.47. The van der Waals surface area contributed by atoms with Gasteiger partial charge in [0.25, 0.3) is 0 Å². The number of carbonyl (C=O) groups excluding carboxylic acids is 1. The summed E-state index contributed by atoms with van der Waals surface area (Å²) >= 11 is 0. The number of hydrogen-bond acceptors (Lipinski definition) is 2. The molecule has 2 aromatic carbocycles. The van der Waals surface area contributed by atoms with Gasteiger partial charge >= 0.3 is 18.4 Å². The van der Waals surface area contributed by atoms with Crippen LogP contribution in [0.4, 0.5) is 31.1 Å². The molecule has 0 saturated carbocycles. The Morgan fingerprint density at radius 3 is 2.25 bits per heavy atom. The topological polar surface area (TPSA) is 29.5 Å². The molecule has 0 radical (unpaired) electrons. The molecule has 4 rings (SSSR count). The van der Waals surface area contributed by atoms with Gasteiger partial charge in [0.15, 0.2) is 0 Å². The van der Waals surface area contributed by atoms with E-state index in [0.29, 0.717) is 36.0 Å². The third-order valence-corrected chi connectivity index (χ3v) is 6.18. The minimum atomic E-state index is -4.55. The van der Waals surface area contributed by atoms with Crippen LogP contribution in [-0.4, -0.2) is 17.0 Å². The van der Waals surface area contributed by atoms with E-state index in [0.717, 1.165) is 24.3 Å². The van der Waals surface area contributed by atoms with E-state index in [2.05, 4.69) is 0 Å². The lowest BCUT2D eigenvalue weighted by Crippen LogP contribution is -2.41. The van der Waals surface area contributed by atoms with Gasteiger partial charge in [-0.05, 0) is 74.1 Å². The van der Waals surface area contributed by atoms with Crippen LogP contribution in [0.1, 0.15) is 64.8 Å². The van der Waals surface area contributed by atoms with E-state index < -0.39 is 47.8 Å². The molecule has 2 fully saturated rings. The second-order valence-electron chi connectivity index (χ2n) is 8.42. The number of cyclic esters (lactones) is 1. The van der Waals surface area contributed by atoms with Gasteiger partial charge in [-0.3, -0.25) is 4.90 Å². The molecular formula is C23H21F6NO2. The normalized spacial score (nSPS) is 23.8. The molecule has 2 aromatic rings. The van der Waals surface area contributed by atoms with Crippen LogP contribution in [0.25, 0.3) is 0 Å². The quantitative estimate of drug-likeness (QED) is 0.449. The number of piperidine rings is 1. The van der Waals surface area contributed by atoms with Crippen LogP contribution < -0.4 is 0 Å². The maximum atomic E-state index is 13.3. The average Bonchev–Trinajstić information content (AvgIpc) is 3.03. The summed E-state index contributed by atoms with van der Waals surface area (Å²) in [7, 11) is 0. The lowest BCUT2D eigenvalue weighted by atomic mass is 9.85. The molecule has 2 heterocycles. The zero-order chi connectivity index (χ0) is 23.4. The molecular weight excluding hydrogens is 436 g/mol. The Hall–Kier alpha value is -2.71. The number of carbonyl (C=O) groups is 1. The Bertz CT molecular complexity index is 1050. The lowest BCUT2D eigenvalue weighted by molar-refractivity contribution is -0.138. The van der Waals surface area contributed by atoms with Crippen LogP contribution in [0.3, 0.4) is 0 Å². The molecule has 0 N–H and O–H groups in total. The van der Waals surface area contributed by atoms with Gasteiger partial charge in [-0.15, -0.1) is 0 Å². The molecule has 172 valence electrons. The predicted molar refractivity (Wildman–Crippen MR) is 104 cm³/mol. The molecule has 2 saturated heterocycles. The van der Waals surface area contributed by atoms with E-state index in [-0.39, 0.29) is 5.56 Å². The van der Waals surface area contributed by atoms with Gasteiger partial charge in [-0.1, -0.05) is 17.7 Å². The molecule has 3 unspecified atom stereocenters. The number of rotatable bonds is 2. The van der Waals surface area contributed by atoms with E-state index in [9.17, 15) is 31.1 Å². The number of aryl methyl sites for hydroxylation is 2. The van der Waals surface area contributed by atoms with Gasteiger partial charge < -0.3 is 4.74 Å². The van der Waals surface area contributed by atoms with E-state index in [1.807, 2.05) is 0 Å². The highest BCUT2D eigenvalue weighted by Gasteiger charge is 2.49. The van der Waals surface area contributed by atoms with Crippen molar-refractivity contribution < 1.29 is 35.9 Å². The molecule has 0 aliphatic carbocycles. The first-order valence-corrected chi connectivity index (χ1v) is 10.2. The van der Waals surface area contributed by atoms with Crippen molar-refractivity contribution in [2.75, 3.05) is 0 Å². The van der Waals surface area contributed by atoms with Crippen molar-refractivity contribution in [3.63, 3.8) is 0 Å². The molecule has 3 atom stereocenters. The summed E-state index contributed by atoms with van der Waals surface area (Å²) in [5, 5.41) is 0. The summed E-state index contributed by atoms with van der Waals surface area (Å²) in [5.74, 6) is 0. The van der Waals surface area contributed by atoms with Gasteiger partial charge in [0.2, 0.25) is 0 Å². The van der Waals surface area contributed by atoms with Gasteiger partial charge in [-0.2, -0.15) is 26.3 Å². The minimum Gasteiger partial charge on any atom is -0.439 e. The zero-order valence-corrected chi connectivity index (χ0v) is 17.3. The van der Waals surface area contributed by atoms with Crippen molar-refractivity contribution in [3.05, 3.63) is 69.8 Å². The van der Waals surface area contributed by atoms with Crippen LogP contribution in [0.2, 0.25) is 0 Å². The first-order chi connectivity index (χ1) is 14.9. The van der Waals surface area contributed by atoms with Crippen LogP contribution >= 0.6 is 0 Å². The summed E-state index contributed by atoms with van der Waals surface area (Å²) < 4.78 is 85.2. The van der Waals surface area contributed by atoms with Crippen LogP contribution in [0.5, 0.6) is 0 Å². The maximum Gasteiger partial charge on any atom is 0.416 e. The summed E-state index contributed by atoms with van der Waals surface area (Å²) in [6.07, 6.45) is -9.18. The Labute approximate surface area is 181 Å². The second-order valence-corrected chi connectivity index (χ2v) is 8.42. The molecule has 0 bridgehead atoms. The third kappa shape index (κ3) is 4.04. The number of amides is 1. The summed E-state index contributed by atoms with van der Waals surface area (Å²) in [6.45, 7) is 3.21. The standard InChI is InChI=1S/C23H21F6NO2/c1-12-8-14(10-16(9-12)23(27,28)29)20-19-5-3-4-18(30(19)21(31)32-20)17-11-15(22(24,25)26)7-6-13(17)2/h6-11,18-20H,3-5H2,1-2H3. The molecule has 1 amide bonds. The lowest BCUT2D eigenvalue weighted by Gasteiger charge is -2.37. The minimum absolute atomic E-state index is 0.236. The Balaban J connectivity index is 1.72. The molecule has 2 aliphatic heterocycles. The third-order valence-electron chi connectivity index (χ3n) is 6.18. The van der Waals surface area contributed by atoms with Crippen molar-refractivity contribution in [2.24, 2.45) is 0 Å². The summed E-state index contributed by atoms with van der Waals surface area (Å²) in [5.41, 5.74) is -0.0388. The van der Waals surface area contributed by atoms with Crippen molar-refractivity contribution in [1.82, 2.24) is 4.90 Å². The number of ether oxygens (including phenoxy) is 1.